The van der Waals surface area contributed by atoms with E-state index in [0.717, 1.165) is 5.39 Å². The molecular formula is C18H24N4O3. The van der Waals surface area contributed by atoms with Gasteiger partial charge in [0, 0.05) is 25.5 Å². The molecule has 0 saturated heterocycles. The maximum atomic E-state index is 12.5. The minimum atomic E-state index is -0.329. The van der Waals surface area contributed by atoms with Crippen LogP contribution in [0.3, 0.4) is 0 Å². The number of benzene rings is 1. The highest BCUT2D eigenvalue weighted by Crippen LogP contribution is 2.11. The van der Waals surface area contributed by atoms with E-state index in [0.29, 0.717) is 24.2 Å². The molecule has 0 atom stereocenters. The third-order valence-electron chi connectivity index (χ3n) is 4.25. The SMILES string of the molecule is CCN(CC)C(=O)CN(C)C(=O)Cn1nc(C)c2ccccc2c1=O. The minimum absolute atomic E-state index is 0.0121. The fraction of sp³-hybridized carbons (Fsp3) is 0.444. The van der Waals surface area contributed by atoms with Crippen LogP contribution in [0.2, 0.25) is 0 Å². The van der Waals surface area contributed by atoms with Crippen molar-refractivity contribution in [3.63, 3.8) is 0 Å². The third-order valence-corrected chi connectivity index (χ3v) is 4.25. The zero-order valence-electron chi connectivity index (χ0n) is 15.2. The van der Waals surface area contributed by atoms with Gasteiger partial charge in [0.2, 0.25) is 11.8 Å². The average Bonchev–Trinajstić information content (AvgIpc) is 2.60. The van der Waals surface area contributed by atoms with Gasteiger partial charge < -0.3 is 9.80 Å². The Balaban J connectivity index is 2.18. The first-order valence-corrected chi connectivity index (χ1v) is 8.37. The molecular weight excluding hydrogens is 320 g/mol. The van der Waals surface area contributed by atoms with Crippen LogP contribution in [0.15, 0.2) is 29.1 Å². The average molecular weight is 344 g/mol. The highest BCUT2D eigenvalue weighted by Gasteiger charge is 2.18. The van der Waals surface area contributed by atoms with Crippen molar-refractivity contribution in [3.05, 3.63) is 40.3 Å². The number of aryl methyl sites for hydroxylation is 1. The summed E-state index contributed by atoms with van der Waals surface area (Å²) in [5.41, 5.74) is 0.378. The van der Waals surface area contributed by atoms with Crippen molar-refractivity contribution in [2.75, 3.05) is 26.7 Å². The molecule has 0 unspecified atom stereocenters. The first kappa shape index (κ1) is 18.6. The summed E-state index contributed by atoms with van der Waals surface area (Å²) in [4.78, 5) is 40.0. The first-order valence-electron chi connectivity index (χ1n) is 8.37. The fourth-order valence-electron chi connectivity index (χ4n) is 2.73. The number of aromatic nitrogens is 2. The van der Waals surface area contributed by atoms with Crippen molar-refractivity contribution in [2.24, 2.45) is 0 Å². The molecule has 0 aliphatic rings. The van der Waals surface area contributed by atoms with Crippen LogP contribution in [0.4, 0.5) is 0 Å². The molecule has 2 rings (SSSR count). The summed E-state index contributed by atoms with van der Waals surface area (Å²) in [6, 6.07) is 7.18. The van der Waals surface area contributed by atoms with Gasteiger partial charge in [-0.3, -0.25) is 14.4 Å². The van der Waals surface area contributed by atoms with E-state index < -0.39 is 0 Å². The van der Waals surface area contributed by atoms with Crippen molar-refractivity contribution in [1.29, 1.82) is 0 Å². The first-order chi connectivity index (χ1) is 11.9. The zero-order chi connectivity index (χ0) is 18.6. The van der Waals surface area contributed by atoms with Gasteiger partial charge in [-0.05, 0) is 26.8 Å². The van der Waals surface area contributed by atoms with Crippen LogP contribution in [0.25, 0.3) is 10.8 Å². The Morgan fingerprint density at radius 1 is 1.08 bits per heavy atom. The molecule has 0 fully saturated rings. The Morgan fingerprint density at radius 3 is 2.28 bits per heavy atom. The van der Waals surface area contributed by atoms with E-state index in [2.05, 4.69) is 5.10 Å². The van der Waals surface area contributed by atoms with Gasteiger partial charge in [-0.25, -0.2) is 4.68 Å². The molecule has 134 valence electrons. The van der Waals surface area contributed by atoms with Crippen molar-refractivity contribution in [2.45, 2.75) is 27.3 Å². The van der Waals surface area contributed by atoms with Crippen molar-refractivity contribution < 1.29 is 9.59 Å². The summed E-state index contributed by atoms with van der Waals surface area (Å²) in [5, 5.41) is 5.54. The normalized spacial score (nSPS) is 10.7. The summed E-state index contributed by atoms with van der Waals surface area (Å²) >= 11 is 0. The smallest absolute Gasteiger partial charge is 0.275 e. The molecule has 1 aromatic heterocycles. The summed E-state index contributed by atoms with van der Waals surface area (Å²) in [5.74, 6) is -0.444. The second-order valence-corrected chi connectivity index (χ2v) is 5.91. The van der Waals surface area contributed by atoms with E-state index in [1.165, 1.54) is 9.58 Å². The lowest BCUT2D eigenvalue weighted by molar-refractivity contribution is -0.139. The lowest BCUT2D eigenvalue weighted by atomic mass is 10.1. The lowest BCUT2D eigenvalue weighted by Gasteiger charge is -2.23. The van der Waals surface area contributed by atoms with Crippen LogP contribution in [0, 0.1) is 6.92 Å². The van der Waals surface area contributed by atoms with Gasteiger partial charge in [-0.15, -0.1) is 0 Å². The third kappa shape index (κ3) is 4.04. The minimum Gasteiger partial charge on any atom is -0.342 e. The second kappa shape index (κ2) is 7.92. The van der Waals surface area contributed by atoms with E-state index in [1.807, 2.05) is 26.0 Å². The molecule has 0 bridgehead atoms. The monoisotopic (exact) mass is 344 g/mol. The molecule has 0 aliphatic heterocycles. The molecule has 7 nitrogen and oxygen atoms in total. The zero-order valence-corrected chi connectivity index (χ0v) is 15.2. The van der Waals surface area contributed by atoms with E-state index in [4.69, 9.17) is 0 Å². The van der Waals surface area contributed by atoms with Gasteiger partial charge in [-0.2, -0.15) is 5.10 Å². The maximum absolute atomic E-state index is 12.5. The number of nitrogens with zero attached hydrogens (tertiary/aromatic N) is 4. The molecule has 0 radical (unpaired) electrons. The van der Waals surface area contributed by atoms with Crippen LogP contribution in [-0.4, -0.2) is 58.1 Å². The van der Waals surface area contributed by atoms with Gasteiger partial charge in [0.25, 0.3) is 5.56 Å². The van der Waals surface area contributed by atoms with Gasteiger partial charge in [0.1, 0.15) is 6.54 Å². The highest BCUT2D eigenvalue weighted by atomic mass is 16.2. The number of hydrogen-bond donors (Lipinski definition) is 0. The molecule has 1 aromatic carbocycles. The fourth-order valence-corrected chi connectivity index (χ4v) is 2.73. The largest absolute Gasteiger partial charge is 0.342 e. The van der Waals surface area contributed by atoms with Crippen LogP contribution in [0.1, 0.15) is 19.5 Å². The van der Waals surface area contributed by atoms with Crippen molar-refractivity contribution in [3.8, 4) is 0 Å². The number of amides is 2. The van der Waals surface area contributed by atoms with Crippen molar-refractivity contribution in [1.82, 2.24) is 19.6 Å². The molecule has 1 heterocycles. The quantitative estimate of drug-likeness (QED) is 0.784. The van der Waals surface area contributed by atoms with Gasteiger partial charge in [0.05, 0.1) is 17.6 Å². The number of likely N-dealkylation sites (N-methyl/N-ethyl adjacent to an activating group) is 2. The summed E-state index contributed by atoms with van der Waals surface area (Å²) in [6.45, 7) is 6.59. The Bertz CT molecular complexity index is 840. The summed E-state index contributed by atoms with van der Waals surface area (Å²) in [7, 11) is 1.56. The Kier molecular flexibility index (Phi) is 5.90. The molecule has 0 spiro atoms. The number of carbonyl (C=O) groups excluding carboxylic acids is 2. The van der Waals surface area contributed by atoms with Gasteiger partial charge >= 0.3 is 0 Å². The number of rotatable bonds is 6. The predicted octanol–water partition coefficient (Wildman–Crippen LogP) is 1.03. The number of fused-ring (bicyclic) bond motifs is 1. The summed E-state index contributed by atoms with van der Waals surface area (Å²) < 4.78 is 1.17. The van der Waals surface area contributed by atoms with E-state index >= 15 is 0 Å². The topological polar surface area (TPSA) is 75.5 Å². The number of carbonyl (C=O) groups is 2. The molecule has 25 heavy (non-hydrogen) atoms. The summed E-state index contributed by atoms with van der Waals surface area (Å²) in [6.07, 6.45) is 0. The Labute approximate surface area is 146 Å². The van der Waals surface area contributed by atoms with Crippen LogP contribution < -0.4 is 5.56 Å². The van der Waals surface area contributed by atoms with Crippen molar-refractivity contribution >= 4 is 22.6 Å². The molecule has 2 amide bonds. The standard InChI is InChI=1S/C18H24N4O3/c1-5-21(6-2)17(24)11-20(4)16(23)12-22-18(25)15-10-8-7-9-14(15)13(3)19-22/h7-10H,5-6,11-12H2,1-4H3. The van der Waals surface area contributed by atoms with E-state index in [1.54, 1.807) is 31.0 Å². The number of hydrogen-bond acceptors (Lipinski definition) is 4. The molecule has 0 saturated carbocycles. The van der Waals surface area contributed by atoms with Crippen LogP contribution in [0.5, 0.6) is 0 Å². The van der Waals surface area contributed by atoms with Gasteiger partial charge in [0.15, 0.2) is 0 Å². The van der Waals surface area contributed by atoms with E-state index in [9.17, 15) is 14.4 Å². The molecule has 2 aromatic rings. The van der Waals surface area contributed by atoms with E-state index in [-0.39, 0.29) is 30.5 Å². The molecule has 0 aliphatic carbocycles. The lowest BCUT2D eigenvalue weighted by Crippen LogP contribution is -2.43. The molecule has 0 N–H and O–H groups in total. The molecule has 7 heteroatoms. The maximum Gasteiger partial charge on any atom is 0.275 e. The van der Waals surface area contributed by atoms with Crippen LogP contribution in [-0.2, 0) is 16.1 Å². The predicted molar refractivity (Wildman–Crippen MR) is 96.3 cm³/mol. The Morgan fingerprint density at radius 2 is 1.68 bits per heavy atom. The highest BCUT2D eigenvalue weighted by molar-refractivity contribution is 5.85. The second-order valence-electron chi connectivity index (χ2n) is 5.91. The Hall–Kier alpha value is -2.70. The van der Waals surface area contributed by atoms with Gasteiger partial charge in [-0.1, -0.05) is 18.2 Å². The van der Waals surface area contributed by atoms with Crippen LogP contribution >= 0.6 is 0 Å².